The van der Waals surface area contributed by atoms with E-state index in [9.17, 15) is 19.7 Å². The minimum Gasteiger partial charge on any atom is -0.302 e. The van der Waals surface area contributed by atoms with Crippen LogP contribution in [-0.4, -0.2) is 22.4 Å². The van der Waals surface area contributed by atoms with Crippen molar-refractivity contribution in [1.29, 1.82) is 0 Å². The van der Waals surface area contributed by atoms with Crippen LogP contribution in [0.2, 0.25) is 0 Å². The predicted molar refractivity (Wildman–Crippen MR) is 113 cm³/mol. The number of carbonyl (C=O) groups is 2. The van der Waals surface area contributed by atoms with Crippen molar-refractivity contribution in [3.05, 3.63) is 80.5 Å². The van der Waals surface area contributed by atoms with Crippen LogP contribution in [0.4, 0.5) is 11.4 Å². The minimum atomic E-state index is -0.538. The molecule has 0 aromatic heterocycles. The number of nitrogens with zero attached hydrogens (tertiary/aromatic N) is 3. The third-order valence-corrected chi connectivity index (χ3v) is 4.83. The SMILES string of the molecule is CC1=NN(c2ccc(C)c(C)c2)C(=O)/C1=C(/C)NNC(=O)c1ccc([N+](=O)[O-])cc1. The number of hydrazine groups is 1. The van der Waals surface area contributed by atoms with E-state index in [2.05, 4.69) is 16.0 Å². The first-order valence-electron chi connectivity index (χ1n) is 9.18. The molecule has 30 heavy (non-hydrogen) atoms. The number of allylic oxidation sites excluding steroid dienone is 1. The third-order valence-electron chi connectivity index (χ3n) is 4.83. The lowest BCUT2D eigenvalue weighted by Crippen LogP contribution is -2.37. The molecule has 2 aromatic rings. The highest BCUT2D eigenvalue weighted by molar-refractivity contribution is 6.30. The van der Waals surface area contributed by atoms with Gasteiger partial charge in [-0.05, 0) is 63.1 Å². The minimum absolute atomic E-state index is 0.104. The van der Waals surface area contributed by atoms with Crippen LogP contribution in [-0.2, 0) is 4.79 Å². The summed E-state index contributed by atoms with van der Waals surface area (Å²) in [5.41, 5.74) is 9.51. The number of nitro groups is 1. The number of anilines is 1. The Labute approximate surface area is 173 Å². The highest BCUT2D eigenvalue weighted by atomic mass is 16.6. The Morgan fingerprint density at radius 1 is 1.03 bits per heavy atom. The summed E-state index contributed by atoms with van der Waals surface area (Å²) in [5.74, 6) is -0.791. The molecule has 0 aliphatic carbocycles. The van der Waals surface area contributed by atoms with Crippen molar-refractivity contribution in [2.24, 2.45) is 5.10 Å². The van der Waals surface area contributed by atoms with Crippen molar-refractivity contribution in [1.82, 2.24) is 10.9 Å². The van der Waals surface area contributed by atoms with Gasteiger partial charge in [-0.1, -0.05) is 6.07 Å². The smallest absolute Gasteiger partial charge is 0.282 e. The van der Waals surface area contributed by atoms with Gasteiger partial charge in [-0.2, -0.15) is 10.1 Å². The number of hydrogen-bond donors (Lipinski definition) is 2. The number of aryl methyl sites for hydroxylation is 2. The van der Waals surface area contributed by atoms with Crippen LogP contribution >= 0.6 is 0 Å². The molecule has 154 valence electrons. The van der Waals surface area contributed by atoms with E-state index in [0.717, 1.165) is 11.1 Å². The second-order valence-corrected chi connectivity index (χ2v) is 6.95. The molecule has 9 nitrogen and oxygen atoms in total. The van der Waals surface area contributed by atoms with E-state index in [0.29, 0.717) is 22.7 Å². The molecular weight excluding hydrogens is 386 g/mol. The molecule has 2 N–H and O–H groups in total. The van der Waals surface area contributed by atoms with Gasteiger partial charge in [0.2, 0.25) is 0 Å². The van der Waals surface area contributed by atoms with E-state index in [1.54, 1.807) is 13.8 Å². The van der Waals surface area contributed by atoms with Gasteiger partial charge >= 0.3 is 0 Å². The van der Waals surface area contributed by atoms with Crippen LogP contribution in [0.3, 0.4) is 0 Å². The lowest BCUT2D eigenvalue weighted by molar-refractivity contribution is -0.384. The number of non-ortho nitro benzene ring substituents is 1. The van der Waals surface area contributed by atoms with Gasteiger partial charge in [0, 0.05) is 23.4 Å². The van der Waals surface area contributed by atoms with Crippen LogP contribution < -0.4 is 15.9 Å². The normalized spacial score (nSPS) is 15.0. The second kappa shape index (κ2) is 8.16. The molecule has 9 heteroatoms. The summed E-state index contributed by atoms with van der Waals surface area (Å²) in [6.07, 6.45) is 0. The number of benzene rings is 2. The quantitative estimate of drug-likeness (QED) is 0.449. The molecular formula is C21H21N5O4. The summed E-state index contributed by atoms with van der Waals surface area (Å²) in [6.45, 7) is 7.34. The van der Waals surface area contributed by atoms with E-state index in [-0.39, 0.29) is 17.2 Å². The van der Waals surface area contributed by atoms with Gasteiger partial charge in [-0.3, -0.25) is 25.1 Å². The molecule has 2 amide bonds. The van der Waals surface area contributed by atoms with Gasteiger partial charge in [0.05, 0.1) is 21.9 Å². The number of hydrazone groups is 1. The average Bonchev–Trinajstić information content (AvgIpc) is 3.02. The van der Waals surface area contributed by atoms with Gasteiger partial charge in [0.25, 0.3) is 17.5 Å². The molecule has 0 bridgehead atoms. The number of hydrogen-bond acceptors (Lipinski definition) is 6. The summed E-state index contributed by atoms with van der Waals surface area (Å²) in [6, 6.07) is 10.9. The molecule has 0 fully saturated rings. The van der Waals surface area contributed by atoms with Crippen molar-refractivity contribution >= 4 is 28.9 Å². The lowest BCUT2D eigenvalue weighted by atomic mass is 10.1. The summed E-state index contributed by atoms with van der Waals surface area (Å²) >= 11 is 0. The van der Waals surface area contributed by atoms with Crippen molar-refractivity contribution < 1.29 is 14.5 Å². The molecule has 1 aliphatic heterocycles. The Balaban J connectivity index is 1.73. The molecule has 3 rings (SSSR count). The lowest BCUT2D eigenvalue weighted by Gasteiger charge is -2.15. The predicted octanol–water partition coefficient (Wildman–Crippen LogP) is 3.14. The summed E-state index contributed by atoms with van der Waals surface area (Å²) in [4.78, 5) is 35.3. The molecule has 0 atom stereocenters. The fraction of sp³-hybridized carbons (Fsp3) is 0.190. The van der Waals surface area contributed by atoms with Gasteiger partial charge in [0.1, 0.15) is 0 Å². The first kappa shape index (κ1) is 20.7. The first-order valence-corrected chi connectivity index (χ1v) is 9.18. The maximum atomic E-state index is 12.9. The monoisotopic (exact) mass is 407 g/mol. The Morgan fingerprint density at radius 2 is 1.70 bits per heavy atom. The van der Waals surface area contributed by atoms with Gasteiger partial charge in [0.15, 0.2) is 0 Å². The fourth-order valence-corrected chi connectivity index (χ4v) is 2.99. The number of rotatable bonds is 5. The highest BCUT2D eigenvalue weighted by Gasteiger charge is 2.31. The standard InChI is InChI=1S/C21H21N5O4/c1-12-5-8-18(11-13(12)2)25-21(28)19(15(4)24-25)14(3)22-23-20(27)16-6-9-17(10-7-16)26(29)30/h5-11,22H,1-4H3,(H,23,27)/b19-14-. The topological polar surface area (TPSA) is 117 Å². The van der Waals surface area contributed by atoms with E-state index in [1.165, 1.54) is 29.3 Å². The zero-order valence-electron chi connectivity index (χ0n) is 17.0. The van der Waals surface area contributed by atoms with Gasteiger partial charge in [-0.25, -0.2) is 0 Å². The molecule has 0 radical (unpaired) electrons. The van der Waals surface area contributed by atoms with Crippen LogP contribution in [0.5, 0.6) is 0 Å². The zero-order chi connectivity index (χ0) is 22.0. The summed E-state index contributed by atoms with van der Waals surface area (Å²) in [7, 11) is 0. The van der Waals surface area contributed by atoms with Crippen LogP contribution in [0.15, 0.2) is 58.8 Å². The van der Waals surface area contributed by atoms with Crippen LogP contribution in [0.25, 0.3) is 0 Å². The van der Waals surface area contributed by atoms with Gasteiger partial charge in [-0.15, -0.1) is 0 Å². The largest absolute Gasteiger partial charge is 0.302 e. The summed E-state index contributed by atoms with van der Waals surface area (Å²) < 4.78 is 0. The van der Waals surface area contributed by atoms with E-state index in [4.69, 9.17) is 0 Å². The molecule has 2 aromatic carbocycles. The molecule has 1 aliphatic rings. The van der Waals surface area contributed by atoms with Crippen molar-refractivity contribution in [2.75, 3.05) is 5.01 Å². The molecule has 0 saturated heterocycles. The molecule has 0 saturated carbocycles. The second-order valence-electron chi connectivity index (χ2n) is 6.95. The van der Waals surface area contributed by atoms with E-state index in [1.807, 2.05) is 32.0 Å². The Hall–Kier alpha value is -4.01. The van der Waals surface area contributed by atoms with Crippen LogP contribution in [0, 0.1) is 24.0 Å². The molecule has 0 spiro atoms. The van der Waals surface area contributed by atoms with Crippen LogP contribution in [0.1, 0.15) is 35.3 Å². The van der Waals surface area contributed by atoms with E-state index < -0.39 is 10.8 Å². The van der Waals surface area contributed by atoms with Crippen molar-refractivity contribution in [3.63, 3.8) is 0 Å². The number of carbonyl (C=O) groups excluding carboxylic acids is 2. The Kier molecular flexibility index (Phi) is 5.63. The first-order chi connectivity index (χ1) is 14.2. The van der Waals surface area contributed by atoms with Gasteiger partial charge < -0.3 is 5.43 Å². The zero-order valence-corrected chi connectivity index (χ0v) is 17.0. The number of nitro benzene ring substituents is 1. The Morgan fingerprint density at radius 3 is 2.30 bits per heavy atom. The maximum Gasteiger partial charge on any atom is 0.282 e. The van der Waals surface area contributed by atoms with E-state index >= 15 is 0 Å². The van der Waals surface area contributed by atoms with Crippen molar-refractivity contribution in [2.45, 2.75) is 27.7 Å². The molecule has 1 heterocycles. The fourth-order valence-electron chi connectivity index (χ4n) is 2.99. The number of nitrogens with one attached hydrogen (secondary N) is 2. The number of amides is 2. The van der Waals surface area contributed by atoms with Crippen molar-refractivity contribution in [3.8, 4) is 0 Å². The summed E-state index contributed by atoms with van der Waals surface area (Å²) in [5, 5.41) is 16.4. The maximum absolute atomic E-state index is 12.9. The molecule has 0 unspecified atom stereocenters. The highest BCUT2D eigenvalue weighted by Crippen LogP contribution is 2.26. The Bertz CT molecular complexity index is 1100. The third kappa shape index (κ3) is 4.04. The average molecular weight is 407 g/mol.